The van der Waals surface area contributed by atoms with Gasteiger partial charge in [0.25, 0.3) is 0 Å². The standard InChI is InChI=1S/C17H21ClSi/c1-12-5-6-17(15(4)8-12)19(11-18)16-9-13(2)7-14(3)10-16/h5-10,19H,11H2,1-4H3. The molecule has 2 heteroatoms. The second kappa shape index (κ2) is 5.94. The van der Waals surface area contributed by atoms with E-state index in [4.69, 9.17) is 11.6 Å². The molecule has 0 N–H and O–H groups in total. The minimum Gasteiger partial charge on any atom is -0.130 e. The molecular weight excluding hydrogens is 268 g/mol. The molecule has 1 atom stereocenters. The molecule has 2 aromatic carbocycles. The van der Waals surface area contributed by atoms with Gasteiger partial charge in [-0.3, -0.25) is 0 Å². The topological polar surface area (TPSA) is 0 Å². The molecule has 0 amide bonds. The van der Waals surface area contributed by atoms with E-state index in [0.29, 0.717) is 0 Å². The Morgan fingerprint density at radius 2 is 1.47 bits per heavy atom. The number of hydrogen-bond acceptors (Lipinski definition) is 0. The predicted molar refractivity (Wildman–Crippen MR) is 89.0 cm³/mol. The van der Waals surface area contributed by atoms with Crippen molar-refractivity contribution in [1.82, 2.24) is 0 Å². The lowest BCUT2D eigenvalue weighted by molar-refractivity contribution is 1.39. The van der Waals surface area contributed by atoms with E-state index in [9.17, 15) is 0 Å². The Labute approximate surface area is 123 Å². The van der Waals surface area contributed by atoms with Crippen molar-refractivity contribution in [3.8, 4) is 0 Å². The zero-order chi connectivity index (χ0) is 14.0. The maximum atomic E-state index is 6.31. The highest BCUT2D eigenvalue weighted by molar-refractivity contribution is 6.89. The Bertz CT molecular complexity index is 570. The molecule has 0 aliphatic carbocycles. The van der Waals surface area contributed by atoms with E-state index in [-0.39, 0.29) is 0 Å². The van der Waals surface area contributed by atoms with E-state index in [1.54, 1.807) is 0 Å². The predicted octanol–water partition coefficient (Wildman–Crippen LogP) is 3.04. The molecule has 0 nitrogen and oxygen atoms in total. The highest BCUT2D eigenvalue weighted by atomic mass is 35.5. The summed E-state index contributed by atoms with van der Waals surface area (Å²) in [4.78, 5) is 0. The number of halogens is 1. The molecule has 0 bridgehead atoms. The van der Waals surface area contributed by atoms with Gasteiger partial charge < -0.3 is 0 Å². The lowest BCUT2D eigenvalue weighted by atomic mass is 10.1. The van der Waals surface area contributed by atoms with Gasteiger partial charge in [0.1, 0.15) is 8.80 Å². The van der Waals surface area contributed by atoms with Crippen molar-refractivity contribution in [2.75, 3.05) is 5.50 Å². The van der Waals surface area contributed by atoms with Crippen LogP contribution in [-0.2, 0) is 0 Å². The highest BCUT2D eigenvalue weighted by Gasteiger charge is 2.17. The molecule has 100 valence electrons. The first kappa shape index (κ1) is 14.4. The van der Waals surface area contributed by atoms with Crippen LogP contribution in [0.15, 0.2) is 36.4 Å². The number of rotatable bonds is 3. The average molecular weight is 289 g/mol. The first-order chi connectivity index (χ1) is 9.01. The third kappa shape index (κ3) is 3.29. The maximum absolute atomic E-state index is 6.31. The smallest absolute Gasteiger partial charge is 0.118 e. The molecule has 0 spiro atoms. The van der Waals surface area contributed by atoms with Gasteiger partial charge in [0, 0.05) is 5.50 Å². The second-order valence-corrected chi connectivity index (χ2v) is 9.12. The first-order valence-electron chi connectivity index (χ1n) is 6.72. The summed E-state index contributed by atoms with van der Waals surface area (Å²) in [5.74, 6) is 0. The van der Waals surface area contributed by atoms with Crippen molar-refractivity contribution in [3.63, 3.8) is 0 Å². The molecule has 1 unspecified atom stereocenters. The second-order valence-electron chi connectivity index (χ2n) is 5.49. The van der Waals surface area contributed by atoms with E-state index in [1.807, 2.05) is 0 Å². The van der Waals surface area contributed by atoms with E-state index in [2.05, 4.69) is 64.1 Å². The molecule has 0 saturated heterocycles. The van der Waals surface area contributed by atoms with Gasteiger partial charge in [-0.25, -0.2) is 0 Å². The quantitative estimate of drug-likeness (QED) is 0.602. The van der Waals surface area contributed by atoms with Gasteiger partial charge in [0.15, 0.2) is 0 Å². The molecule has 0 saturated carbocycles. The largest absolute Gasteiger partial charge is 0.130 e. The minimum atomic E-state index is -1.28. The van der Waals surface area contributed by atoms with Crippen LogP contribution >= 0.6 is 11.6 Å². The Morgan fingerprint density at radius 1 is 0.842 bits per heavy atom. The molecule has 19 heavy (non-hydrogen) atoms. The van der Waals surface area contributed by atoms with E-state index >= 15 is 0 Å². The molecule has 0 aliphatic heterocycles. The fraction of sp³-hybridized carbons (Fsp3) is 0.294. The summed E-state index contributed by atoms with van der Waals surface area (Å²) in [5, 5.41) is 2.94. The summed E-state index contributed by atoms with van der Waals surface area (Å²) in [6, 6.07) is 13.6. The lowest BCUT2D eigenvalue weighted by Crippen LogP contribution is -2.45. The number of hydrogen-bond donors (Lipinski definition) is 0. The van der Waals surface area contributed by atoms with Gasteiger partial charge in [0.2, 0.25) is 0 Å². The van der Waals surface area contributed by atoms with Gasteiger partial charge in [-0.1, -0.05) is 69.0 Å². The molecule has 0 aliphatic rings. The first-order valence-corrected chi connectivity index (χ1v) is 9.23. The summed E-state index contributed by atoms with van der Waals surface area (Å²) < 4.78 is 0. The van der Waals surface area contributed by atoms with E-state index in [0.717, 1.165) is 5.50 Å². The lowest BCUT2D eigenvalue weighted by Gasteiger charge is -2.17. The van der Waals surface area contributed by atoms with Crippen LogP contribution in [0.4, 0.5) is 0 Å². The average Bonchev–Trinajstić information content (AvgIpc) is 2.31. The van der Waals surface area contributed by atoms with Crippen molar-refractivity contribution >= 4 is 30.8 Å². The molecule has 0 heterocycles. The van der Waals surface area contributed by atoms with Crippen LogP contribution in [0.25, 0.3) is 0 Å². The molecule has 2 aromatic rings. The van der Waals surface area contributed by atoms with Crippen LogP contribution in [0.2, 0.25) is 0 Å². The molecule has 0 fully saturated rings. The van der Waals surface area contributed by atoms with Gasteiger partial charge >= 0.3 is 0 Å². The van der Waals surface area contributed by atoms with E-state index in [1.165, 1.54) is 32.6 Å². The van der Waals surface area contributed by atoms with E-state index < -0.39 is 8.80 Å². The Kier molecular flexibility index (Phi) is 4.49. The highest BCUT2D eigenvalue weighted by Crippen LogP contribution is 2.06. The molecular formula is C17H21ClSi. The number of aryl methyl sites for hydroxylation is 4. The zero-order valence-corrected chi connectivity index (χ0v) is 14.0. The van der Waals surface area contributed by atoms with Crippen molar-refractivity contribution in [2.24, 2.45) is 0 Å². The minimum absolute atomic E-state index is 0.757. The van der Waals surface area contributed by atoms with Gasteiger partial charge in [-0.15, -0.1) is 11.6 Å². The molecule has 2 rings (SSSR count). The SMILES string of the molecule is Cc1cc(C)cc([SiH](CCl)c2ccc(C)cc2C)c1. The van der Waals surface area contributed by atoms with Crippen LogP contribution in [0.1, 0.15) is 22.3 Å². The Morgan fingerprint density at radius 3 is 2.00 bits per heavy atom. The van der Waals surface area contributed by atoms with Crippen LogP contribution in [0.3, 0.4) is 0 Å². The number of alkyl halides is 1. The van der Waals surface area contributed by atoms with Crippen LogP contribution in [0.5, 0.6) is 0 Å². The summed E-state index contributed by atoms with van der Waals surface area (Å²) in [7, 11) is -1.28. The van der Waals surface area contributed by atoms with Crippen molar-refractivity contribution in [3.05, 3.63) is 58.7 Å². The summed E-state index contributed by atoms with van der Waals surface area (Å²) in [5.41, 5.74) is 6.14. The molecule has 0 aromatic heterocycles. The Balaban J connectivity index is 2.49. The van der Waals surface area contributed by atoms with Gasteiger partial charge in [-0.2, -0.15) is 0 Å². The van der Waals surface area contributed by atoms with Crippen LogP contribution in [0, 0.1) is 27.7 Å². The normalized spacial score (nSPS) is 12.5. The Hall–Kier alpha value is -1.05. The third-order valence-corrected chi connectivity index (χ3v) is 7.37. The number of benzene rings is 2. The maximum Gasteiger partial charge on any atom is 0.118 e. The zero-order valence-electron chi connectivity index (χ0n) is 12.1. The van der Waals surface area contributed by atoms with Crippen LogP contribution in [-0.4, -0.2) is 14.3 Å². The van der Waals surface area contributed by atoms with Crippen molar-refractivity contribution < 1.29 is 0 Å². The monoisotopic (exact) mass is 288 g/mol. The fourth-order valence-electron chi connectivity index (χ4n) is 2.78. The van der Waals surface area contributed by atoms with Crippen molar-refractivity contribution in [2.45, 2.75) is 27.7 Å². The summed E-state index contributed by atoms with van der Waals surface area (Å²) in [6.45, 7) is 8.68. The summed E-state index contributed by atoms with van der Waals surface area (Å²) >= 11 is 6.31. The molecule has 0 radical (unpaired) electrons. The summed E-state index contributed by atoms with van der Waals surface area (Å²) in [6.07, 6.45) is 0. The van der Waals surface area contributed by atoms with Crippen molar-refractivity contribution in [1.29, 1.82) is 0 Å². The van der Waals surface area contributed by atoms with Gasteiger partial charge in [-0.05, 0) is 27.7 Å². The van der Waals surface area contributed by atoms with Gasteiger partial charge in [0.05, 0.1) is 0 Å². The van der Waals surface area contributed by atoms with Crippen LogP contribution < -0.4 is 10.4 Å². The third-order valence-electron chi connectivity index (χ3n) is 3.60. The fourth-order valence-corrected chi connectivity index (χ4v) is 6.41.